The average molecular weight is 336 g/mol. The maximum absolute atomic E-state index is 13.6. The van der Waals surface area contributed by atoms with Gasteiger partial charge in [0.25, 0.3) is 21.5 Å². The molecule has 1 aromatic carbocycles. The quantitative estimate of drug-likeness (QED) is 0.915. The lowest BCUT2D eigenvalue weighted by Gasteiger charge is -2.09. The molecule has 1 N–H and O–H groups in total. The van der Waals surface area contributed by atoms with Gasteiger partial charge in [-0.05, 0) is 31.0 Å². The molecule has 1 saturated carbocycles. The lowest BCUT2D eigenvalue weighted by molar-refractivity contribution is 0.0980. The number of nitrogens with one attached hydrogen (secondary N) is 1. The molecule has 2 aromatic rings. The highest BCUT2D eigenvalue weighted by atomic mass is 32.2. The van der Waals surface area contributed by atoms with Crippen LogP contribution in [0, 0.1) is 5.82 Å². The summed E-state index contributed by atoms with van der Waals surface area (Å²) >= 11 is 0. The van der Waals surface area contributed by atoms with Crippen LogP contribution in [0.4, 0.5) is 4.39 Å². The summed E-state index contributed by atoms with van der Waals surface area (Å²) in [7, 11) is -4.33. The number of sulfonamides is 1. The molecule has 3 rings (SSSR count). The van der Waals surface area contributed by atoms with Gasteiger partial charge in [-0.3, -0.25) is 9.59 Å². The van der Waals surface area contributed by atoms with E-state index in [0.29, 0.717) is 0 Å². The van der Waals surface area contributed by atoms with Gasteiger partial charge in [0, 0.05) is 18.3 Å². The highest BCUT2D eigenvalue weighted by Gasteiger charge is 2.26. The second kappa shape index (κ2) is 5.62. The molecule has 1 heterocycles. The molecule has 0 saturated heterocycles. The molecule has 1 aromatic heterocycles. The number of halogens is 1. The molecule has 0 unspecified atom stereocenters. The van der Waals surface area contributed by atoms with Crippen molar-refractivity contribution in [3.8, 4) is 0 Å². The van der Waals surface area contributed by atoms with E-state index in [-0.39, 0.29) is 17.2 Å². The van der Waals surface area contributed by atoms with E-state index < -0.39 is 26.6 Å². The van der Waals surface area contributed by atoms with Crippen molar-refractivity contribution in [2.45, 2.75) is 23.8 Å². The molecule has 1 aliphatic carbocycles. The minimum absolute atomic E-state index is 0.0245. The van der Waals surface area contributed by atoms with E-state index in [4.69, 9.17) is 0 Å². The number of rotatable bonds is 4. The van der Waals surface area contributed by atoms with E-state index in [1.54, 1.807) is 0 Å². The van der Waals surface area contributed by atoms with Crippen LogP contribution in [0.25, 0.3) is 0 Å². The monoisotopic (exact) mass is 336 g/mol. The van der Waals surface area contributed by atoms with Crippen LogP contribution in [0.3, 0.4) is 0 Å². The number of amides is 1. The van der Waals surface area contributed by atoms with Crippen LogP contribution in [0.5, 0.6) is 0 Å². The predicted molar refractivity (Wildman–Crippen MR) is 80.0 cm³/mol. The molecule has 1 fully saturated rings. The fraction of sp³-hybridized carbons (Fsp3) is 0.200. The van der Waals surface area contributed by atoms with Crippen molar-refractivity contribution in [3.63, 3.8) is 0 Å². The molecule has 0 radical (unpaired) electrons. The zero-order valence-electron chi connectivity index (χ0n) is 11.9. The average Bonchev–Trinajstić information content (AvgIpc) is 3.32. The molecule has 120 valence electrons. The molecule has 0 spiro atoms. The Morgan fingerprint density at radius 1 is 1.17 bits per heavy atom. The van der Waals surface area contributed by atoms with E-state index in [2.05, 4.69) is 0 Å². The third-order valence-electron chi connectivity index (χ3n) is 3.49. The van der Waals surface area contributed by atoms with Gasteiger partial charge in [0.2, 0.25) is 0 Å². The van der Waals surface area contributed by atoms with Crippen LogP contribution < -0.4 is 10.3 Å². The molecular weight excluding hydrogens is 323 g/mol. The Bertz CT molecular complexity index is 932. The molecule has 0 aliphatic heterocycles. The minimum atomic E-state index is -4.33. The van der Waals surface area contributed by atoms with Crippen LogP contribution in [0.2, 0.25) is 0 Å². The van der Waals surface area contributed by atoms with Gasteiger partial charge in [-0.25, -0.2) is 17.5 Å². The Kier molecular flexibility index (Phi) is 3.77. The van der Waals surface area contributed by atoms with Gasteiger partial charge < -0.3 is 4.57 Å². The predicted octanol–water partition coefficient (Wildman–Crippen LogP) is 1.44. The molecule has 8 heteroatoms. The van der Waals surface area contributed by atoms with Gasteiger partial charge in [-0.1, -0.05) is 12.1 Å². The SMILES string of the molecule is O=C(NS(=O)(=O)c1ccccc1F)c1ccc(=O)n(C2CC2)c1. The third kappa shape index (κ3) is 3.16. The van der Waals surface area contributed by atoms with E-state index in [0.717, 1.165) is 25.0 Å². The van der Waals surface area contributed by atoms with E-state index in [1.165, 1.54) is 35.0 Å². The second-order valence-corrected chi connectivity index (χ2v) is 6.91. The minimum Gasteiger partial charge on any atom is -0.312 e. The van der Waals surface area contributed by atoms with E-state index >= 15 is 0 Å². The van der Waals surface area contributed by atoms with Crippen molar-refractivity contribution < 1.29 is 17.6 Å². The molecule has 0 atom stereocenters. The summed E-state index contributed by atoms with van der Waals surface area (Å²) in [6.07, 6.45) is 3.02. The van der Waals surface area contributed by atoms with Crippen molar-refractivity contribution >= 4 is 15.9 Å². The first-order chi connectivity index (χ1) is 10.9. The van der Waals surface area contributed by atoms with Crippen molar-refractivity contribution in [2.24, 2.45) is 0 Å². The van der Waals surface area contributed by atoms with Crippen LogP contribution in [-0.2, 0) is 10.0 Å². The Morgan fingerprint density at radius 2 is 1.87 bits per heavy atom. The lowest BCUT2D eigenvalue weighted by Crippen LogP contribution is -2.32. The fourth-order valence-corrected chi connectivity index (χ4v) is 3.23. The van der Waals surface area contributed by atoms with Crippen LogP contribution in [0.1, 0.15) is 29.2 Å². The summed E-state index contributed by atoms with van der Waals surface area (Å²) in [5.74, 6) is -1.86. The molecule has 1 amide bonds. The first-order valence-corrected chi connectivity index (χ1v) is 8.41. The first kappa shape index (κ1) is 15.4. The summed E-state index contributed by atoms with van der Waals surface area (Å²) in [6.45, 7) is 0. The Balaban J connectivity index is 1.88. The number of hydrogen-bond donors (Lipinski definition) is 1. The van der Waals surface area contributed by atoms with Gasteiger partial charge in [-0.2, -0.15) is 0 Å². The lowest BCUT2D eigenvalue weighted by atomic mass is 10.2. The zero-order valence-corrected chi connectivity index (χ0v) is 12.7. The number of aromatic nitrogens is 1. The standard InChI is InChI=1S/C15H13FN2O4S/c16-12-3-1-2-4-13(12)23(21,22)17-15(20)10-5-8-14(19)18(9-10)11-6-7-11/h1-5,8-9,11H,6-7H2,(H,17,20). The largest absolute Gasteiger partial charge is 0.312 e. The number of hydrogen-bond acceptors (Lipinski definition) is 4. The maximum atomic E-state index is 13.6. The van der Waals surface area contributed by atoms with Crippen LogP contribution in [0.15, 0.2) is 52.3 Å². The number of benzene rings is 1. The van der Waals surface area contributed by atoms with Crippen LogP contribution >= 0.6 is 0 Å². The number of nitrogens with zero attached hydrogens (tertiary/aromatic N) is 1. The molecular formula is C15H13FN2O4S. The van der Waals surface area contributed by atoms with Gasteiger partial charge >= 0.3 is 0 Å². The number of carbonyl (C=O) groups excluding carboxylic acids is 1. The molecule has 0 bridgehead atoms. The topological polar surface area (TPSA) is 85.2 Å². The first-order valence-electron chi connectivity index (χ1n) is 6.92. The normalized spacial score (nSPS) is 14.5. The highest BCUT2D eigenvalue weighted by molar-refractivity contribution is 7.90. The van der Waals surface area contributed by atoms with Gasteiger partial charge in [0.1, 0.15) is 10.7 Å². The Hall–Kier alpha value is -2.48. The van der Waals surface area contributed by atoms with Crippen molar-refractivity contribution in [1.29, 1.82) is 0 Å². The Morgan fingerprint density at radius 3 is 2.52 bits per heavy atom. The third-order valence-corrected chi connectivity index (χ3v) is 4.86. The Labute approximate surface area is 131 Å². The molecule has 6 nitrogen and oxygen atoms in total. The van der Waals surface area contributed by atoms with Gasteiger partial charge in [0.15, 0.2) is 0 Å². The summed E-state index contributed by atoms with van der Waals surface area (Å²) in [5.41, 5.74) is -0.225. The van der Waals surface area contributed by atoms with Gasteiger partial charge in [0.05, 0.1) is 5.56 Å². The molecule has 1 aliphatic rings. The second-order valence-electron chi connectivity index (χ2n) is 5.26. The smallest absolute Gasteiger partial charge is 0.267 e. The van der Waals surface area contributed by atoms with Crippen molar-refractivity contribution in [1.82, 2.24) is 9.29 Å². The molecule has 23 heavy (non-hydrogen) atoms. The number of pyridine rings is 1. The summed E-state index contributed by atoms with van der Waals surface area (Å²) in [5, 5.41) is 0. The maximum Gasteiger partial charge on any atom is 0.267 e. The summed E-state index contributed by atoms with van der Waals surface area (Å²) in [4.78, 5) is 23.2. The zero-order chi connectivity index (χ0) is 16.6. The van der Waals surface area contributed by atoms with Gasteiger partial charge in [-0.15, -0.1) is 0 Å². The van der Waals surface area contributed by atoms with Crippen LogP contribution in [-0.4, -0.2) is 18.9 Å². The summed E-state index contributed by atoms with van der Waals surface area (Å²) < 4.78 is 41.0. The fourth-order valence-electron chi connectivity index (χ4n) is 2.17. The van der Waals surface area contributed by atoms with Crippen molar-refractivity contribution in [3.05, 3.63) is 64.3 Å². The summed E-state index contributed by atoms with van der Waals surface area (Å²) in [6, 6.07) is 7.27. The van der Waals surface area contributed by atoms with Crippen molar-refractivity contribution in [2.75, 3.05) is 0 Å². The number of carbonyl (C=O) groups is 1. The van der Waals surface area contributed by atoms with E-state index in [1.807, 2.05) is 4.72 Å². The highest BCUT2D eigenvalue weighted by Crippen LogP contribution is 2.33. The van der Waals surface area contributed by atoms with E-state index in [9.17, 15) is 22.4 Å².